The molecular formula is C18H21N3O. The van der Waals surface area contributed by atoms with Crippen molar-refractivity contribution in [2.75, 3.05) is 5.32 Å². The minimum atomic E-state index is 0.0744. The average Bonchev–Trinajstić information content (AvgIpc) is 2.88. The zero-order chi connectivity index (χ0) is 15.4. The summed E-state index contributed by atoms with van der Waals surface area (Å²) in [4.78, 5) is 12.4. The van der Waals surface area contributed by atoms with Gasteiger partial charge in [0, 0.05) is 12.0 Å². The molecule has 1 N–H and O–H groups in total. The highest BCUT2D eigenvalue weighted by molar-refractivity contribution is 5.92. The fourth-order valence-corrected chi connectivity index (χ4v) is 2.78. The van der Waals surface area contributed by atoms with E-state index in [0.717, 1.165) is 30.8 Å². The molecule has 22 heavy (non-hydrogen) atoms. The largest absolute Gasteiger partial charge is 0.311 e. The van der Waals surface area contributed by atoms with Crippen molar-refractivity contribution < 1.29 is 4.79 Å². The van der Waals surface area contributed by atoms with Crippen molar-refractivity contribution in [2.45, 2.75) is 32.7 Å². The minimum absolute atomic E-state index is 0.0744. The summed E-state index contributed by atoms with van der Waals surface area (Å²) in [7, 11) is 0. The predicted octanol–water partition coefficient (Wildman–Crippen LogP) is 3.53. The van der Waals surface area contributed by atoms with E-state index < -0.39 is 0 Å². The fourth-order valence-electron chi connectivity index (χ4n) is 2.78. The van der Waals surface area contributed by atoms with Crippen molar-refractivity contribution in [1.29, 1.82) is 0 Å². The van der Waals surface area contributed by atoms with Crippen LogP contribution in [0.1, 0.15) is 30.5 Å². The van der Waals surface area contributed by atoms with Crippen LogP contribution in [0.25, 0.3) is 0 Å². The molecule has 4 heteroatoms. The first-order valence-corrected chi connectivity index (χ1v) is 7.76. The minimum Gasteiger partial charge on any atom is -0.311 e. The van der Waals surface area contributed by atoms with E-state index >= 15 is 0 Å². The van der Waals surface area contributed by atoms with Crippen LogP contribution in [-0.2, 0) is 11.3 Å². The molecule has 3 rings (SSSR count). The smallest absolute Gasteiger partial charge is 0.228 e. The Hall–Kier alpha value is -2.36. The highest BCUT2D eigenvalue weighted by Gasteiger charge is 2.20. The van der Waals surface area contributed by atoms with Crippen molar-refractivity contribution in [1.82, 2.24) is 9.78 Å². The van der Waals surface area contributed by atoms with Gasteiger partial charge in [-0.15, -0.1) is 0 Å². The first-order chi connectivity index (χ1) is 10.7. The summed E-state index contributed by atoms with van der Waals surface area (Å²) >= 11 is 0. The quantitative estimate of drug-likeness (QED) is 0.877. The van der Waals surface area contributed by atoms with Crippen LogP contribution in [0.4, 0.5) is 5.82 Å². The maximum absolute atomic E-state index is 12.4. The number of benzene rings is 1. The van der Waals surface area contributed by atoms with Crippen LogP contribution in [0.15, 0.2) is 48.6 Å². The second-order valence-corrected chi connectivity index (χ2v) is 5.78. The van der Waals surface area contributed by atoms with Crippen LogP contribution in [-0.4, -0.2) is 15.7 Å². The molecule has 0 spiro atoms. The zero-order valence-corrected chi connectivity index (χ0v) is 12.8. The monoisotopic (exact) mass is 295 g/mol. The lowest BCUT2D eigenvalue weighted by atomic mass is 9.94. The van der Waals surface area contributed by atoms with E-state index in [2.05, 4.69) is 34.7 Å². The number of amides is 1. The number of hydrogen-bond donors (Lipinski definition) is 1. The predicted molar refractivity (Wildman–Crippen MR) is 87.6 cm³/mol. The fraction of sp³-hybridized carbons (Fsp3) is 0.333. The SMILES string of the molecule is Cc1cc(NC(=O)[C@H]2CC=CCC2)n(Cc2ccccc2)n1. The van der Waals surface area contributed by atoms with Crippen LogP contribution in [0.5, 0.6) is 0 Å². The maximum atomic E-state index is 12.4. The number of hydrogen-bond acceptors (Lipinski definition) is 2. The number of rotatable bonds is 4. The highest BCUT2D eigenvalue weighted by Crippen LogP contribution is 2.21. The van der Waals surface area contributed by atoms with Gasteiger partial charge in [0.2, 0.25) is 5.91 Å². The number of anilines is 1. The maximum Gasteiger partial charge on any atom is 0.228 e. The Bertz CT molecular complexity index is 673. The molecule has 1 atom stereocenters. The van der Waals surface area contributed by atoms with Gasteiger partial charge in [0.15, 0.2) is 0 Å². The molecule has 0 saturated heterocycles. The number of allylic oxidation sites excluding steroid dienone is 2. The van der Waals surface area contributed by atoms with Crippen molar-refractivity contribution >= 4 is 11.7 Å². The Kier molecular flexibility index (Phi) is 4.37. The van der Waals surface area contributed by atoms with E-state index in [1.807, 2.05) is 35.9 Å². The van der Waals surface area contributed by atoms with Gasteiger partial charge >= 0.3 is 0 Å². The summed E-state index contributed by atoms with van der Waals surface area (Å²) in [6, 6.07) is 12.1. The second kappa shape index (κ2) is 6.60. The summed E-state index contributed by atoms with van der Waals surface area (Å²) in [5.74, 6) is 0.949. The van der Waals surface area contributed by atoms with Crippen LogP contribution in [0.2, 0.25) is 0 Å². The molecule has 0 bridgehead atoms. The van der Waals surface area contributed by atoms with Gasteiger partial charge in [0.05, 0.1) is 12.2 Å². The molecule has 1 aliphatic rings. The molecule has 1 heterocycles. The van der Waals surface area contributed by atoms with Gasteiger partial charge in [-0.2, -0.15) is 5.10 Å². The van der Waals surface area contributed by atoms with Gasteiger partial charge in [-0.3, -0.25) is 4.79 Å². The molecular weight excluding hydrogens is 274 g/mol. The van der Waals surface area contributed by atoms with E-state index in [1.165, 1.54) is 5.56 Å². The Labute approximate surface area is 130 Å². The first-order valence-electron chi connectivity index (χ1n) is 7.76. The van der Waals surface area contributed by atoms with Gasteiger partial charge in [-0.1, -0.05) is 42.5 Å². The zero-order valence-electron chi connectivity index (χ0n) is 12.8. The normalized spacial score (nSPS) is 17.4. The van der Waals surface area contributed by atoms with E-state index in [9.17, 15) is 4.79 Å². The molecule has 1 amide bonds. The number of nitrogens with one attached hydrogen (secondary N) is 1. The summed E-state index contributed by atoms with van der Waals surface area (Å²) < 4.78 is 1.86. The number of nitrogens with zero attached hydrogens (tertiary/aromatic N) is 2. The van der Waals surface area contributed by atoms with Crippen molar-refractivity contribution in [3.05, 3.63) is 59.8 Å². The summed E-state index contributed by atoms with van der Waals surface area (Å²) in [5, 5.41) is 7.54. The standard InChI is InChI=1S/C18H21N3O/c1-14-12-17(19-18(22)16-10-6-3-7-11-16)21(20-14)13-15-8-4-2-5-9-15/h2-6,8-9,12,16H,7,10-11,13H2,1H3,(H,19,22)/t16-/m0/s1. The van der Waals surface area contributed by atoms with Gasteiger partial charge < -0.3 is 5.32 Å². The summed E-state index contributed by atoms with van der Waals surface area (Å²) in [6.07, 6.45) is 6.99. The lowest BCUT2D eigenvalue weighted by Gasteiger charge is -2.17. The van der Waals surface area contributed by atoms with Gasteiger partial charge in [-0.05, 0) is 31.7 Å². The molecule has 1 aliphatic carbocycles. The molecule has 0 radical (unpaired) electrons. The number of carbonyl (C=O) groups is 1. The van der Waals surface area contributed by atoms with Crippen LogP contribution in [0, 0.1) is 12.8 Å². The Morgan fingerprint density at radius 1 is 1.32 bits per heavy atom. The van der Waals surface area contributed by atoms with Crippen LogP contribution in [0.3, 0.4) is 0 Å². The van der Waals surface area contributed by atoms with E-state index in [4.69, 9.17) is 0 Å². The van der Waals surface area contributed by atoms with Crippen molar-refractivity contribution in [2.24, 2.45) is 5.92 Å². The van der Waals surface area contributed by atoms with Crippen LogP contribution >= 0.6 is 0 Å². The highest BCUT2D eigenvalue weighted by atomic mass is 16.2. The third kappa shape index (κ3) is 3.45. The lowest BCUT2D eigenvalue weighted by molar-refractivity contribution is -0.120. The molecule has 114 valence electrons. The van der Waals surface area contributed by atoms with E-state index in [-0.39, 0.29) is 11.8 Å². The topological polar surface area (TPSA) is 46.9 Å². The van der Waals surface area contributed by atoms with Crippen LogP contribution < -0.4 is 5.32 Å². The Balaban J connectivity index is 1.73. The first kappa shape index (κ1) is 14.6. The van der Waals surface area contributed by atoms with Gasteiger partial charge in [0.25, 0.3) is 0 Å². The van der Waals surface area contributed by atoms with E-state index in [0.29, 0.717) is 6.54 Å². The average molecular weight is 295 g/mol. The summed E-state index contributed by atoms with van der Waals surface area (Å²) in [5.41, 5.74) is 2.08. The van der Waals surface area contributed by atoms with Gasteiger partial charge in [0.1, 0.15) is 5.82 Å². The molecule has 0 unspecified atom stereocenters. The van der Waals surface area contributed by atoms with Crippen molar-refractivity contribution in [3.63, 3.8) is 0 Å². The lowest BCUT2D eigenvalue weighted by Crippen LogP contribution is -2.25. The Morgan fingerprint density at radius 3 is 2.86 bits per heavy atom. The van der Waals surface area contributed by atoms with Gasteiger partial charge in [-0.25, -0.2) is 4.68 Å². The number of aromatic nitrogens is 2. The second-order valence-electron chi connectivity index (χ2n) is 5.78. The third-order valence-corrected chi connectivity index (χ3v) is 3.97. The third-order valence-electron chi connectivity index (χ3n) is 3.97. The molecule has 2 aromatic rings. The molecule has 4 nitrogen and oxygen atoms in total. The summed E-state index contributed by atoms with van der Waals surface area (Å²) in [6.45, 7) is 2.61. The Morgan fingerprint density at radius 2 is 2.14 bits per heavy atom. The molecule has 0 fully saturated rings. The number of carbonyl (C=O) groups excluding carboxylic acids is 1. The molecule has 0 aliphatic heterocycles. The van der Waals surface area contributed by atoms with E-state index in [1.54, 1.807) is 0 Å². The molecule has 1 aromatic heterocycles. The molecule has 0 saturated carbocycles. The molecule has 1 aromatic carbocycles. The van der Waals surface area contributed by atoms with Crippen molar-refractivity contribution in [3.8, 4) is 0 Å². The number of aryl methyl sites for hydroxylation is 1.